The number of carbonyl (C=O) groups is 1. The first-order valence-electron chi connectivity index (χ1n) is 4.82. The second-order valence-corrected chi connectivity index (χ2v) is 3.45. The molecule has 1 heterocycles. The highest BCUT2D eigenvalue weighted by Crippen LogP contribution is 2.15. The molecule has 0 radical (unpaired) electrons. The number of nitrogen functional groups attached to an aromatic ring is 1. The number of anilines is 1. The third-order valence-electron chi connectivity index (χ3n) is 2.29. The number of hydrogen-bond acceptors (Lipinski definition) is 4. The molecule has 0 aliphatic heterocycles. The molecule has 2 rings (SSSR count). The first kappa shape index (κ1) is 11.9. The molecule has 0 saturated carbocycles. The minimum Gasteiger partial charge on any atom is -0.383 e. The topological polar surface area (TPSA) is 78.0 Å². The molecule has 7 heteroatoms. The van der Waals surface area contributed by atoms with Crippen molar-refractivity contribution in [1.82, 2.24) is 9.55 Å². The van der Waals surface area contributed by atoms with Gasteiger partial charge in [-0.2, -0.15) is 4.98 Å². The molecule has 1 aromatic heterocycles. The van der Waals surface area contributed by atoms with Crippen molar-refractivity contribution in [3.63, 3.8) is 0 Å². The predicted molar refractivity (Wildman–Crippen MR) is 59.5 cm³/mol. The van der Waals surface area contributed by atoms with E-state index in [0.29, 0.717) is 0 Å². The van der Waals surface area contributed by atoms with Crippen LogP contribution in [-0.2, 0) is 0 Å². The standard InChI is InChI=1S/C11H7F2N3O2/c12-8-3-6(4-9(13)7(8)5-17)16-2-1-10(14)15-11(16)18/h1-5H,(H2,14,15,18). The second kappa shape index (κ2) is 4.36. The van der Waals surface area contributed by atoms with E-state index in [1.807, 2.05) is 0 Å². The summed E-state index contributed by atoms with van der Waals surface area (Å²) < 4.78 is 27.7. The first-order chi connectivity index (χ1) is 8.52. The zero-order chi connectivity index (χ0) is 13.3. The molecule has 0 aliphatic carbocycles. The van der Waals surface area contributed by atoms with Crippen molar-refractivity contribution in [2.75, 3.05) is 5.73 Å². The van der Waals surface area contributed by atoms with Gasteiger partial charge in [0, 0.05) is 6.20 Å². The Labute approximate surface area is 99.5 Å². The molecule has 18 heavy (non-hydrogen) atoms. The minimum atomic E-state index is -1.05. The van der Waals surface area contributed by atoms with E-state index < -0.39 is 22.9 Å². The van der Waals surface area contributed by atoms with Gasteiger partial charge >= 0.3 is 5.69 Å². The van der Waals surface area contributed by atoms with Crippen molar-refractivity contribution in [3.8, 4) is 5.69 Å². The fourth-order valence-electron chi connectivity index (χ4n) is 1.44. The van der Waals surface area contributed by atoms with E-state index >= 15 is 0 Å². The Hall–Kier alpha value is -2.57. The summed E-state index contributed by atoms with van der Waals surface area (Å²) in [7, 11) is 0. The molecule has 2 N–H and O–H groups in total. The molecule has 0 bridgehead atoms. The van der Waals surface area contributed by atoms with Crippen molar-refractivity contribution in [2.24, 2.45) is 0 Å². The molecule has 5 nitrogen and oxygen atoms in total. The molecule has 0 aliphatic rings. The number of hydrogen-bond donors (Lipinski definition) is 1. The maximum Gasteiger partial charge on any atom is 0.354 e. The summed E-state index contributed by atoms with van der Waals surface area (Å²) >= 11 is 0. The average molecular weight is 251 g/mol. The number of rotatable bonds is 2. The van der Waals surface area contributed by atoms with E-state index in [-0.39, 0.29) is 17.8 Å². The van der Waals surface area contributed by atoms with Gasteiger partial charge in [0.25, 0.3) is 0 Å². The Bertz CT molecular complexity index is 659. The molecule has 92 valence electrons. The highest BCUT2D eigenvalue weighted by atomic mass is 19.1. The summed E-state index contributed by atoms with van der Waals surface area (Å²) in [5, 5.41) is 0. The number of aldehydes is 1. The van der Waals surface area contributed by atoms with Crippen LogP contribution in [0.3, 0.4) is 0 Å². The van der Waals surface area contributed by atoms with E-state index in [4.69, 9.17) is 5.73 Å². The Morgan fingerprint density at radius 3 is 2.39 bits per heavy atom. The Kier molecular flexibility index (Phi) is 2.88. The largest absolute Gasteiger partial charge is 0.383 e. The van der Waals surface area contributed by atoms with Crippen molar-refractivity contribution in [1.29, 1.82) is 0 Å². The molecule has 0 atom stereocenters. The fourth-order valence-corrected chi connectivity index (χ4v) is 1.44. The quantitative estimate of drug-likeness (QED) is 0.804. The van der Waals surface area contributed by atoms with Gasteiger partial charge in [-0.1, -0.05) is 0 Å². The van der Waals surface area contributed by atoms with Crippen LogP contribution in [0.15, 0.2) is 29.2 Å². The fraction of sp³-hybridized carbons (Fsp3) is 0. The Morgan fingerprint density at radius 1 is 1.28 bits per heavy atom. The summed E-state index contributed by atoms with van der Waals surface area (Å²) in [6.45, 7) is 0. The lowest BCUT2D eigenvalue weighted by atomic mass is 10.2. The van der Waals surface area contributed by atoms with Crippen LogP contribution in [0.5, 0.6) is 0 Å². The zero-order valence-electron chi connectivity index (χ0n) is 8.93. The van der Waals surface area contributed by atoms with Crippen LogP contribution in [0, 0.1) is 11.6 Å². The summed E-state index contributed by atoms with van der Waals surface area (Å²) in [6.07, 6.45) is 1.30. The van der Waals surface area contributed by atoms with Crippen LogP contribution in [0.1, 0.15) is 10.4 Å². The second-order valence-electron chi connectivity index (χ2n) is 3.45. The minimum absolute atomic E-state index is 0.00158. The monoisotopic (exact) mass is 251 g/mol. The van der Waals surface area contributed by atoms with Crippen molar-refractivity contribution in [2.45, 2.75) is 0 Å². The average Bonchev–Trinajstić information content (AvgIpc) is 2.28. The van der Waals surface area contributed by atoms with Gasteiger partial charge in [0.1, 0.15) is 17.5 Å². The summed E-state index contributed by atoms with van der Waals surface area (Å²) in [5.41, 5.74) is 3.76. The van der Waals surface area contributed by atoms with Gasteiger partial charge in [-0.15, -0.1) is 0 Å². The lowest BCUT2D eigenvalue weighted by Gasteiger charge is -2.06. The van der Waals surface area contributed by atoms with Gasteiger partial charge in [-0.25, -0.2) is 13.6 Å². The van der Waals surface area contributed by atoms with Crippen molar-refractivity contribution < 1.29 is 13.6 Å². The van der Waals surface area contributed by atoms with Crippen LogP contribution in [0.25, 0.3) is 5.69 Å². The normalized spacial score (nSPS) is 10.3. The first-order valence-corrected chi connectivity index (χ1v) is 4.82. The van der Waals surface area contributed by atoms with E-state index in [1.54, 1.807) is 0 Å². The SMILES string of the molecule is Nc1ccn(-c2cc(F)c(C=O)c(F)c2)c(=O)n1. The molecule has 1 aromatic carbocycles. The number of nitrogens with two attached hydrogens (primary N) is 1. The Morgan fingerprint density at radius 2 is 1.89 bits per heavy atom. The molecule has 0 amide bonds. The van der Waals surface area contributed by atoms with Crippen LogP contribution in [0.2, 0.25) is 0 Å². The molecule has 0 fully saturated rings. The van der Waals surface area contributed by atoms with Crippen LogP contribution >= 0.6 is 0 Å². The number of carbonyl (C=O) groups excluding carboxylic acids is 1. The Balaban J connectivity index is 2.65. The number of aromatic nitrogens is 2. The van der Waals surface area contributed by atoms with Gasteiger partial charge in [0.15, 0.2) is 6.29 Å². The molecule has 0 saturated heterocycles. The molecule has 0 spiro atoms. The summed E-state index contributed by atoms with van der Waals surface area (Å²) in [4.78, 5) is 25.3. The third-order valence-corrected chi connectivity index (χ3v) is 2.29. The highest BCUT2D eigenvalue weighted by Gasteiger charge is 2.12. The van der Waals surface area contributed by atoms with Gasteiger partial charge in [-0.3, -0.25) is 9.36 Å². The maximum atomic E-state index is 13.4. The highest BCUT2D eigenvalue weighted by molar-refractivity contribution is 5.76. The molecular weight excluding hydrogens is 244 g/mol. The van der Waals surface area contributed by atoms with Gasteiger partial charge < -0.3 is 5.73 Å². The van der Waals surface area contributed by atoms with Gasteiger partial charge in [0.2, 0.25) is 0 Å². The smallest absolute Gasteiger partial charge is 0.354 e. The van der Waals surface area contributed by atoms with Crippen LogP contribution < -0.4 is 11.4 Å². The number of halogens is 2. The zero-order valence-corrected chi connectivity index (χ0v) is 8.93. The summed E-state index contributed by atoms with van der Waals surface area (Å²) in [6, 6.07) is 3.04. The van der Waals surface area contributed by atoms with E-state index in [2.05, 4.69) is 4.98 Å². The lowest BCUT2D eigenvalue weighted by Crippen LogP contribution is -2.22. The van der Waals surface area contributed by atoms with E-state index in [9.17, 15) is 18.4 Å². The number of benzene rings is 1. The predicted octanol–water partition coefficient (Wildman–Crippen LogP) is 0.905. The van der Waals surface area contributed by atoms with Gasteiger partial charge in [-0.05, 0) is 18.2 Å². The summed E-state index contributed by atoms with van der Waals surface area (Å²) in [5.74, 6) is -2.10. The molecular formula is C11H7F2N3O2. The lowest BCUT2D eigenvalue weighted by molar-refractivity contribution is 0.111. The van der Waals surface area contributed by atoms with Crippen molar-refractivity contribution >= 4 is 12.1 Å². The number of nitrogens with zero attached hydrogens (tertiary/aromatic N) is 2. The molecule has 0 unspecified atom stereocenters. The van der Waals surface area contributed by atoms with Crippen molar-refractivity contribution in [3.05, 3.63) is 52.1 Å². The van der Waals surface area contributed by atoms with Gasteiger partial charge in [0.05, 0.1) is 11.3 Å². The van der Waals surface area contributed by atoms with E-state index in [1.165, 1.54) is 12.3 Å². The third kappa shape index (κ3) is 1.97. The molecule has 2 aromatic rings. The van der Waals surface area contributed by atoms with E-state index in [0.717, 1.165) is 16.7 Å². The van der Waals surface area contributed by atoms with Crippen LogP contribution in [0.4, 0.5) is 14.6 Å². The van der Waals surface area contributed by atoms with Crippen LogP contribution in [-0.4, -0.2) is 15.8 Å². The maximum absolute atomic E-state index is 13.4.